The summed E-state index contributed by atoms with van der Waals surface area (Å²) in [6.45, 7) is 1.05. The summed E-state index contributed by atoms with van der Waals surface area (Å²) in [7, 11) is 0. The summed E-state index contributed by atoms with van der Waals surface area (Å²) in [6.07, 6.45) is 4.09. The van der Waals surface area contributed by atoms with E-state index in [9.17, 15) is 13.6 Å². The molecule has 0 radical (unpaired) electrons. The normalized spacial score (nSPS) is 18.5. The van der Waals surface area contributed by atoms with Crippen LogP contribution in [-0.2, 0) is 0 Å². The first-order valence-electron chi connectivity index (χ1n) is 6.25. The molecule has 1 fully saturated rings. The van der Waals surface area contributed by atoms with Crippen LogP contribution in [0.1, 0.15) is 22.8 Å². The Balaban J connectivity index is 1.74. The molecule has 1 amide bonds. The summed E-state index contributed by atoms with van der Waals surface area (Å²) in [5.41, 5.74) is 0.156. The van der Waals surface area contributed by atoms with Gasteiger partial charge in [0.25, 0.3) is 5.91 Å². The first-order valence-corrected chi connectivity index (χ1v) is 6.25. The predicted molar refractivity (Wildman–Crippen MR) is 65.9 cm³/mol. The number of aromatic nitrogens is 3. The number of halogens is 2. The summed E-state index contributed by atoms with van der Waals surface area (Å²) >= 11 is 0. The average molecular weight is 278 g/mol. The zero-order chi connectivity index (χ0) is 14.1. The van der Waals surface area contributed by atoms with Gasteiger partial charge in [-0.25, -0.2) is 13.5 Å². The van der Waals surface area contributed by atoms with Crippen LogP contribution in [0.3, 0.4) is 0 Å². The van der Waals surface area contributed by atoms with Crippen LogP contribution in [0.2, 0.25) is 0 Å². The molecule has 1 atom stereocenters. The van der Waals surface area contributed by atoms with Gasteiger partial charge >= 0.3 is 0 Å². The highest BCUT2D eigenvalue weighted by Gasteiger charge is 2.28. The fraction of sp³-hybridized carbons (Fsp3) is 0.308. The van der Waals surface area contributed by atoms with E-state index in [4.69, 9.17) is 0 Å². The molecule has 0 spiro atoms. The van der Waals surface area contributed by atoms with Crippen molar-refractivity contribution in [3.05, 3.63) is 47.8 Å². The maximum absolute atomic E-state index is 13.2. The first-order chi connectivity index (χ1) is 9.65. The molecule has 1 aromatic heterocycles. The van der Waals surface area contributed by atoms with Gasteiger partial charge in [-0.2, -0.15) is 0 Å². The SMILES string of the molecule is O=C(c1ccc(F)c(F)c1)N1CC[C@@H](n2ccnn2)C1. The van der Waals surface area contributed by atoms with E-state index in [0.29, 0.717) is 13.1 Å². The second-order valence-corrected chi connectivity index (χ2v) is 4.71. The molecular weight excluding hydrogens is 266 g/mol. The van der Waals surface area contributed by atoms with E-state index >= 15 is 0 Å². The standard InChI is InChI=1S/C13H12F2N4O/c14-11-2-1-9(7-12(11)15)13(20)18-5-3-10(8-18)19-6-4-16-17-19/h1-2,4,6-7,10H,3,5,8H2/t10-/m1/s1. The van der Waals surface area contributed by atoms with Crippen LogP contribution >= 0.6 is 0 Å². The summed E-state index contributed by atoms with van der Waals surface area (Å²) in [4.78, 5) is 13.8. The Morgan fingerprint density at radius 3 is 2.85 bits per heavy atom. The highest BCUT2D eigenvalue weighted by Crippen LogP contribution is 2.22. The van der Waals surface area contributed by atoms with Crippen molar-refractivity contribution in [2.75, 3.05) is 13.1 Å². The van der Waals surface area contributed by atoms with E-state index in [2.05, 4.69) is 10.3 Å². The molecule has 1 aliphatic heterocycles. The quantitative estimate of drug-likeness (QED) is 0.839. The van der Waals surface area contributed by atoms with E-state index in [1.165, 1.54) is 6.07 Å². The molecule has 0 N–H and O–H groups in total. The van der Waals surface area contributed by atoms with Gasteiger partial charge < -0.3 is 4.90 Å². The van der Waals surface area contributed by atoms with Crippen molar-refractivity contribution in [2.45, 2.75) is 12.5 Å². The molecule has 7 heteroatoms. The van der Waals surface area contributed by atoms with Gasteiger partial charge in [0.15, 0.2) is 11.6 Å². The molecule has 3 rings (SSSR count). The summed E-state index contributed by atoms with van der Waals surface area (Å²) < 4.78 is 27.7. The van der Waals surface area contributed by atoms with Crippen molar-refractivity contribution in [1.82, 2.24) is 19.9 Å². The third-order valence-corrected chi connectivity index (χ3v) is 3.43. The number of nitrogens with zero attached hydrogens (tertiary/aromatic N) is 4. The van der Waals surface area contributed by atoms with Crippen LogP contribution in [0.15, 0.2) is 30.6 Å². The monoisotopic (exact) mass is 278 g/mol. The maximum Gasteiger partial charge on any atom is 0.254 e. The van der Waals surface area contributed by atoms with Gasteiger partial charge in [0.2, 0.25) is 0 Å². The zero-order valence-electron chi connectivity index (χ0n) is 10.5. The summed E-state index contributed by atoms with van der Waals surface area (Å²) in [5.74, 6) is -2.27. The lowest BCUT2D eigenvalue weighted by Crippen LogP contribution is -2.29. The minimum atomic E-state index is -1.01. The third kappa shape index (κ3) is 2.26. The molecule has 0 unspecified atom stereocenters. The lowest BCUT2D eigenvalue weighted by Gasteiger charge is -2.16. The molecular formula is C13H12F2N4O. The van der Waals surface area contributed by atoms with Gasteiger partial charge in [0, 0.05) is 24.8 Å². The highest BCUT2D eigenvalue weighted by molar-refractivity contribution is 5.94. The lowest BCUT2D eigenvalue weighted by molar-refractivity contribution is 0.0786. The van der Waals surface area contributed by atoms with Crippen LogP contribution in [0.5, 0.6) is 0 Å². The van der Waals surface area contributed by atoms with Crippen molar-refractivity contribution in [1.29, 1.82) is 0 Å². The molecule has 104 valence electrons. The Morgan fingerprint density at radius 1 is 1.30 bits per heavy atom. The Hall–Kier alpha value is -2.31. The molecule has 0 aliphatic carbocycles. The second-order valence-electron chi connectivity index (χ2n) is 4.71. The number of rotatable bonds is 2. The van der Waals surface area contributed by atoms with E-state index in [1.54, 1.807) is 22.0 Å². The van der Waals surface area contributed by atoms with Crippen molar-refractivity contribution in [2.24, 2.45) is 0 Å². The first kappa shape index (κ1) is 12.7. The van der Waals surface area contributed by atoms with E-state index < -0.39 is 11.6 Å². The summed E-state index contributed by atoms with van der Waals surface area (Å²) in [6, 6.07) is 3.27. The zero-order valence-corrected chi connectivity index (χ0v) is 10.5. The van der Waals surface area contributed by atoms with Gasteiger partial charge in [-0.15, -0.1) is 5.10 Å². The van der Waals surface area contributed by atoms with Gasteiger partial charge in [0.1, 0.15) is 0 Å². The largest absolute Gasteiger partial charge is 0.336 e. The van der Waals surface area contributed by atoms with Gasteiger partial charge in [0.05, 0.1) is 12.2 Å². The van der Waals surface area contributed by atoms with Crippen molar-refractivity contribution in [3.63, 3.8) is 0 Å². The Labute approximate surface area is 113 Å². The average Bonchev–Trinajstić information content (AvgIpc) is 3.11. The van der Waals surface area contributed by atoms with Gasteiger partial charge in [-0.3, -0.25) is 4.79 Å². The van der Waals surface area contributed by atoms with E-state index in [0.717, 1.165) is 18.6 Å². The number of likely N-dealkylation sites (tertiary alicyclic amines) is 1. The number of benzene rings is 1. The predicted octanol–water partition coefficient (Wildman–Crippen LogP) is 1.64. The molecule has 1 saturated heterocycles. The molecule has 2 heterocycles. The van der Waals surface area contributed by atoms with Gasteiger partial charge in [-0.1, -0.05) is 5.21 Å². The Kier molecular flexibility index (Phi) is 3.17. The lowest BCUT2D eigenvalue weighted by atomic mass is 10.2. The maximum atomic E-state index is 13.2. The fourth-order valence-corrected chi connectivity index (χ4v) is 2.37. The molecule has 0 bridgehead atoms. The van der Waals surface area contributed by atoms with Crippen LogP contribution in [0.4, 0.5) is 8.78 Å². The topological polar surface area (TPSA) is 51.0 Å². The Morgan fingerprint density at radius 2 is 2.15 bits per heavy atom. The van der Waals surface area contributed by atoms with Crippen LogP contribution in [0.25, 0.3) is 0 Å². The number of carbonyl (C=O) groups is 1. The molecule has 1 aliphatic rings. The van der Waals surface area contributed by atoms with Gasteiger partial charge in [-0.05, 0) is 24.6 Å². The van der Waals surface area contributed by atoms with Crippen LogP contribution in [-0.4, -0.2) is 38.9 Å². The number of amides is 1. The molecule has 1 aromatic carbocycles. The fourth-order valence-electron chi connectivity index (χ4n) is 2.37. The van der Waals surface area contributed by atoms with Crippen molar-refractivity contribution < 1.29 is 13.6 Å². The number of carbonyl (C=O) groups excluding carboxylic acids is 1. The summed E-state index contributed by atoms with van der Waals surface area (Å²) in [5, 5.41) is 7.64. The van der Waals surface area contributed by atoms with Crippen molar-refractivity contribution >= 4 is 5.91 Å². The van der Waals surface area contributed by atoms with E-state index in [-0.39, 0.29) is 17.5 Å². The van der Waals surface area contributed by atoms with Crippen LogP contribution in [0, 0.1) is 11.6 Å². The minimum Gasteiger partial charge on any atom is -0.336 e. The molecule has 0 saturated carbocycles. The third-order valence-electron chi connectivity index (χ3n) is 3.43. The molecule has 20 heavy (non-hydrogen) atoms. The number of hydrogen-bond acceptors (Lipinski definition) is 3. The minimum absolute atomic E-state index is 0.0757. The Bertz CT molecular complexity index is 629. The van der Waals surface area contributed by atoms with Crippen LogP contribution < -0.4 is 0 Å². The van der Waals surface area contributed by atoms with Crippen molar-refractivity contribution in [3.8, 4) is 0 Å². The molecule has 2 aromatic rings. The molecule has 5 nitrogen and oxygen atoms in total. The number of hydrogen-bond donors (Lipinski definition) is 0. The van der Waals surface area contributed by atoms with E-state index in [1.807, 2.05) is 0 Å². The second kappa shape index (κ2) is 4.99. The highest BCUT2D eigenvalue weighted by atomic mass is 19.2. The smallest absolute Gasteiger partial charge is 0.254 e.